The van der Waals surface area contributed by atoms with E-state index in [-0.39, 0.29) is 23.1 Å². The van der Waals surface area contributed by atoms with Gasteiger partial charge in [0.15, 0.2) is 5.78 Å². The number of nitro groups is 1. The first-order chi connectivity index (χ1) is 8.58. The van der Waals surface area contributed by atoms with Crippen LogP contribution in [0.1, 0.15) is 21.5 Å². The Kier molecular flexibility index (Phi) is 3.73. The lowest BCUT2D eigenvalue weighted by Crippen LogP contribution is -1.94. The molecule has 18 heavy (non-hydrogen) atoms. The summed E-state index contributed by atoms with van der Waals surface area (Å²) in [7, 11) is 0. The second-order valence-corrected chi connectivity index (χ2v) is 5.51. The lowest BCUT2D eigenvalue weighted by molar-refractivity contribution is -0.385. The molecule has 2 rings (SSSR count). The van der Waals surface area contributed by atoms with Gasteiger partial charge in [0.1, 0.15) is 6.61 Å². The second kappa shape index (κ2) is 5.28. The summed E-state index contributed by atoms with van der Waals surface area (Å²) >= 11 is 2.52. The number of rotatable bonds is 5. The molecule has 0 amide bonds. The summed E-state index contributed by atoms with van der Waals surface area (Å²) in [6.07, 6.45) is 0. The van der Waals surface area contributed by atoms with Gasteiger partial charge in [-0.15, -0.1) is 11.3 Å². The molecule has 0 saturated heterocycles. The number of ketones is 1. The maximum absolute atomic E-state index is 11.2. The molecule has 0 aliphatic rings. The molecule has 0 saturated carbocycles. The van der Waals surface area contributed by atoms with Crippen molar-refractivity contribution in [1.82, 2.24) is 0 Å². The number of hydrogen-bond donors (Lipinski definition) is 0. The zero-order chi connectivity index (χ0) is 13.1. The SMILES string of the molecule is CC(=O)c1cc([N+](=O)[O-])c(OCc2cccs2)s1. The van der Waals surface area contributed by atoms with Crippen molar-refractivity contribution in [3.63, 3.8) is 0 Å². The monoisotopic (exact) mass is 283 g/mol. The van der Waals surface area contributed by atoms with E-state index in [1.165, 1.54) is 24.3 Å². The summed E-state index contributed by atoms with van der Waals surface area (Å²) in [5, 5.41) is 12.9. The minimum atomic E-state index is -0.535. The van der Waals surface area contributed by atoms with Crippen molar-refractivity contribution >= 4 is 34.1 Å². The molecule has 2 aromatic rings. The molecule has 2 heterocycles. The molecule has 0 aromatic carbocycles. The number of Topliss-reactive ketones (excluding diaryl/α,β-unsaturated/α-hetero) is 1. The van der Waals surface area contributed by atoms with Crippen LogP contribution in [0.4, 0.5) is 5.69 Å². The summed E-state index contributed by atoms with van der Waals surface area (Å²) in [6.45, 7) is 1.65. The average Bonchev–Trinajstić information content (AvgIpc) is 2.95. The largest absolute Gasteiger partial charge is 0.473 e. The zero-order valence-electron chi connectivity index (χ0n) is 9.41. The van der Waals surface area contributed by atoms with Gasteiger partial charge >= 0.3 is 5.69 Å². The first-order valence-electron chi connectivity index (χ1n) is 5.02. The van der Waals surface area contributed by atoms with Crippen molar-refractivity contribution < 1.29 is 14.5 Å². The van der Waals surface area contributed by atoms with Crippen LogP contribution in [-0.2, 0) is 6.61 Å². The summed E-state index contributed by atoms with van der Waals surface area (Å²) in [4.78, 5) is 22.8. The molecule has 5 nitrogen and oxygen atoms in total. The van der Waals surface area contributed by atoms with Gasteiger partial charge in [-0.05, 0) is 18.4 Å². The number of carbonyl (C=O) groups excluding carboxylic acids is 1. The number of thiophene rings is 2. The highest BCUT2D eigenvalue weighted by molar-refractivity contribution is 7.16. The third-order valence-corrected chi connectivity index (χ3v) is 4.14. The Bertz CT molecular complexity index is 574. The smallest absolute Gasteiger partial charge is 0.323 e. The van der Waals surface area contributed by atoms with Crippen LogP contribution in [0.5, 0.6) is 5.06 Å². The molecule has 0 atom stereocenters. The summed E-state index contributed by atoms with van der Waals surface area (Å²) in [5.41, 5.74) is -0.151. The topological polar surface area (TPSA) is 69.4 Å². The Morgan fingerprint density at radius 2 is 2.33 bits per heavy atom. The van der Waals surface area contributed by atoms with E-state index in [0.29, 0.717) is 4.88 Å². The standard InChI is InChI=1S/C11H9NO4S2/c1-7(13)10-5-9(12(14)15)11(18-10)16-6-8-3-2-4-17-8/h2-5H,6H2,1H3. The van der Waals surface area contributed by atoms with Crippen molar-refractivity contribution in [2.75, 3.05) is 0 Å². The molecule has 0 N–H and O–H groups in total. The fraction of sp³-hybridized carbons (Fsp3) is 0.182. The predicted molar refractivity (Wildman–Crippen MR) is 69.6 cm³/mol. The number of nitrogens with zero attached hydrogens (tertiary/aromatic N) is 1. The first kappa shape index (κ1) is 12.7. The predicted octanol–water partition coefficient (Wildman–Crippen LogP) is 3.50. The van der Waals surface area contributed by atoms with Gasteiger partial charge in [0, 0.05) is 10.9 Å². The van der Waals surface area contributed by atoms with Crippen LogP contribution in [0.25, 0.3) is 0 Å². The molecule has 0 unspecified atom stereocenters. The molecule has 7 heteroatoms. The van der Waals surface area contributed by atoms with E-state index in [0.717, 1.165) is 16.2 Å². The average molecular weight is 283 g/mol. The Hall–Kier alpha value is -1.73. The lowest BCUT2D eigenvalue weighted by Gasteiger charge is -2.00. The summed E-state index contributed by atoms with van der Waals surface area (Å²) in [5.74, 6) is -0.200. The van der Waals surface area contributed by atoms with Crippen LogP contribution >= 0.6 is 22.7 Å². The second-order valence-electron chi connectivity index (χ2n) is 3.46. The van der Waals surface area contributed by atoms with Gasteiger partial charge in [-0.2, -0.15) is 0 Å². The van der Waals surface area contributed by atoms with Crippen LogP contribution in [0, 0.1) is 10.1 Å². The van der Waals surface area contributed by atoms with Crippen molar-refractivity contribution in [2.24, 2.45) is 0 Å². The number of carbonyl (C=O) groups is 1. The Morgan fingerprint density at radius 1 is 1.56 bits per heavy atom. The van der Waals surface area contributed by atoms with Crippen LogP contribution in [0.15, 0.2) is 23.6 Å². The maximum Gasteiger partial charge on any atom is 0.323 e. The fourth-order valence-electron chi connectivity index (χ4n) is 1.30. The highest BCUT2D eigenvalue weighted by atomic mass is 32.1. The Labute approximate surface area is 111 Å². The zero-order valence-corrected chi connectivity index (χ0v) is 11.0. The molecule has 0 radical (unpaired) electrons. The molecule has 0 aliphatic heterocycles. The fourth-order valence-corrected chi connectivity index (χ4v) is 2.79. The van der Waals surface area contributed by atoms with E-state index in [1.54, 1.807) is 0 Å². The summed E-state index contributed by atoms with van der Waals surface area (Å²) < 4.78 is 5.41. The van der Waals surface area contributed by atoms with Gasteiger partial charge in [0.25, 0.3) is 5.06 Å². The Balaban J connectivity index is 2.20. The summed E-state index contributed by atoms with van der Waals surface area (Å²) in [6, 6.07) is 5.03. The van der Waals surface area contributed by atoms with Crippen molar-refractivity contribution in [3.05, 3.63) is 43.4 Å². The highest BCUT2D eigenvalue weighted by Gasteiger charge is 2.22. The van der Waals surface area contributed by atoms with Gasteiger partial charge in [0.2, 0.25) is 0 Å². The molecular weight excluding hydrogens is 274 g/mol. The van der Waals surface area contributed by atoms with E-state index in [2.05, 4.69) is 0 Å². The number of hydrogen-bond acceptors (Lipinski definition) is 6. The van der Waals surface area contributed by atoms with E-state index in [1.807, 2.05) is 17.5 Å². The Morgan fingerprint density at radius 3 is 2.89 bits per heavy atom. The molecule has 0 spiro atoms. The molecule has 0 bridgehead atoms. The van der Waals surface area contributed by atoms with E-state index in [9.17, 15) is 14.9 Å². The molecule has 0 aliphatic carbocycles. The van der Waals surface area contributed by atoms with Crippen LogP contribution < -0.4 is 4.74 Å². The minimum absolute atomic E-state index is 0.151. The van der Waals surface area contributed by atoms with E-state index >= 15 is 0 Å². The van der Waals surface area contributed by atoms with Crippen LogP contribution in [0.2, 0.25) is 0 Å². The van der Waals surface area contributed by atoms with Crippen molar-refractivity contribution in [3.8, 4) is 5.06 Å². The molecular formula is C11H9NO4S2. The quantitative estimate of drug-likeness (QED) is 0.478. The van der Waals surface area contributed by atoms with Crippen LogP contribution in [0.3, 0.4) is 0 Å². The van der Waals surface area contributed by atoms with E-state index in [4.69, 9.17) is 4.74 Å². The molecule has 0 fully saturated rings. The third kappa shape index (κ3) is 2.74. The van der Waals surface area contributed by atoms with Gasteiger partial charge in [-0.1, -0.05) is 17.4 Å². The minimum Gasteiger partial charge on any atom is -0.473 e. The lowest BCUT2D eigenvalue weighted by atomic mass is 10.3. The van der Waals surface area contributed by atoms with Gasteiger partial charge in [-0.3, -0.25) is 14.9 Å². The van der Waals surface area contributed by atoms with Crippen molar-refractivity contribution in [2.45, 2.75) is 13.5 Å². The normalized spacial score (nSPS) is 10.3. The van der Waals surface area contributed by atoms with Gasteiger partial charge in [-0.25, -0.2) is 0 Å². The maximum atomic E-state index is 11.2. The highest BCUT2D eigenvalue weighted by Crippen LogP contribution is 2.37. The van der Waals surface area contributed by atoms with Gasteiger partial charge < -0.3 is 4.74 Å². The third-order valence-electron chi connectivity index (χ3n) is 2.15. The molecule has 94 valence electrons. The van der Waals surface area contributed by atoms with Crippen LogP contribution in [-0.4, -0.2) is 10.7 Å². The first-order valence-corrected chi connectivity index (χ1v) is 6.72. The van der Waals surface area contributed by atoms with Crippen molar-refractivity contribution in [1.29, 1.82) is 0 Å². The number of ether oxygens (including phenoxy) is 1. The molecule has 2 aromatic heterocycles. The van der Waals surface area contributed by atoms with E-state index < -0.39 is 4.92 Å². The van der Waals surface area contributed by atoms with Gasteiger partial charge in [0.05, 0.1) is 9.80 Å².